The summed E-state index contributed by atoms with van der Waals surface area (Å²) in [4.78, 5) is 27.2. The van der Waals surface area contributed by atoms with Gasteiger partial charge in [0, 0.05) is 19.4 Å². The van der Waals surface area contributed by atoms with E-state index in [1.807, 2.05) is 0 Å². The zero-order valence-electron chi connectivity index (χ0n) is 12.6. The molecule has 1 aliphatic heterocycles. The number of carbonyl (C=O) groups excluding carboxylic acids is 1. The second-order valence-corrected chi connectivity index (χ2v) is 5.50. The third-order valence-electron chi connectivity index (χ3n) is 3.50. The molecule has 21 heavy (non-hydrogen) atoms. The van der Waals surface area contributed by atoms with E-state index in [4.69, 9.17) is 14.7 Å². The molecule has 1 saturated heterocycles. The van der Waals surface area contributed by atoms with E-state index in [2.05, 4.69) is 5.48 Å². The van der Waals surface area contributed by atoms with Gasteiger partial charge in [-0.1, -0.05) is 25.7 Å². The maximum absolute atomic E-state index is 11.6. The van der Waals surface area contributed by atoms with Crippen molar-refractivity contribution in [3.63, 3.8) is 0 Å². The fourth-order valence-corrected chi connectivity index (χ4v) is 2.27. The number of hydroxylamine groups is 1. The summed E-state index contributed by atoms with van der Waals surface area (Å²) in [5.74, 6) is -0.804. The fraction of sp³-hybridized carbons (Fsp3) is 0.867. The number of nitrogens with one attached hydrogen (secondary N) is 1. The molecule has 1 heterocycles. The summed E-state index contributed by atoms with van der Waals surface area (Å²) in [6, 6.07) is 0. The van der Waals surface area contributed by atoms with Crippen LogP contribution in [0.25, 0.3) is 0 Å². The molecule has 6 heteroatoms. The number of rotatable bonds is 11. The first-order chi connectivity index (χ1) is 10.2. The summed E-state index contributed by atoms with van der Waals surface area (Å²) in [7, 11) is 0. The first-order valence-corrected chi connectivity index (χ1v) is 7.92. The quantitative estimate of drug-likeness (QED) is 0.452. The van der Waals surface area contributed by atoms with Gasteiger partial charge >= 0.3 is 5.97 Å². The minimum Gasteiger partial charge on any atom is -0.481 e. The summed E-state index contributed by atoms with van der Waals surface area (Å²) in [6.07, 6.45) is 8.22. The van der Waals surface area contributed by atoms with Crippen LogP contribution in [0.5, 0.6) is 0 Å². The van der Waals surface area contributed by atoms with Crippen molar-refractivity contribution in [1.29, 1.82) is 0 Å². The number of hydrogen-bond donors (Lipinski definition) is 2. The van der Waals surface area contributed by atoms with E-state index in [0.29, 0.717) is 13.0 Å². The van der Waals surface area contributed by atoms with Gasteiger partial charge in [-0.05, 0) is 25.7 Å². The van der Waals surface area contributed by atoms with E-state index in [0.717, 1.165) is 58.0 Å². The molecule has 6 nitrogen and oxygen atoms in total. The zero-order chi connectivity index (χ0) is 15.3. The van der Waals surface area contributed by atoms with Crippen molar-refractivity contribution in [2.45, 2.75) is 70.3 Å². The molecule has 1 unspecified atom stereocenters. The van der Waals surface area contributed by atoms with E-state index in [1.54, 1.807) is 0 Å². The molecule has 1 amide bonds. The molecule has 1 aliphatic rings. The Balaban J connectivity index is 1.85. The first-order valence-electron chi connectivity index (χ1n) is 7.92. The van der Waals surface area contributed by atoms with Crippen molar-refractivity contribution in [2.24, 2.45) is 0 Å². The van der Waals surface area contributed by atoms with Gasteiger partial charge in [0.05, 0.1) is 6.61 Å². The number of carboxylic acids is 1. The van der Waals surface area contributed by atoms with Crippen molar-refractivity contribution in [2.75, 3.05) is 13.2 Å². The first kappa shape index (κ1) is 17.9. The smallest absolute Gasteiger partial charge is 0.303 e. The molecule has 0 aromatic carbocycles. The molecule has 0 radical (unpaired) electrons. The van der Waals surface area contributed by atoms with E-state index in [9.17, 15) is 9.59 Å². The largest absolute Gasteiger partial charge is 0.481 e. The normalized spacial score (nSPS) is 18.4. The molecule has 0 aromatic rings. The molecule has 0 spiro atoms. The van der Waals surface area contributed by atoms with Gasteiger partial charge in [0.25, 0.3) is 0 Å². The van der Waals surface area contributed by atoms with Crippen LogP contribution in [0.3, 0.4) is 0 Å². The number of unbranched alkanes of at least 4 members (excludes halogenated alkanes) is 5. The number of carbonyl (C=O) groups is 2. The van der Waals surface area contributed by atoms with Gasteiger partial charge in [0.15, 0.2) is 0 Å². The fourth-order valence-electron chi connectivity index (χ4n) is 2.27. The number of ether oxygens (including phenoxy) is 1. The van der Waals surface area contributed by atoms with Gasteiger partial charge in [0.1, 0.15) is 6.10 Å². The SMILES string of the molecule is O=C(O)CCCCCCCCC(=O)NOC1CCCOC1. The van der Waals surface area contributed by atoms with Crippen LogP contribution in [0.4, 0.5) is 0 Å². The molecule has 0 aliphatic carbocycles. The Bertz CT molecular complexity index is 302. The van der Waals surface area contributed by atoms with Crippen LogP contribution in [0.1, 0.15) is 64.2 Å². The van der Waals surface area contributed by atoms with Gasteiger partial charge in [-0.3, -0.25) is 14.4 Å². The predicted octanol–water partition coefficient (Wildman–Crippen LogP) is 2.42. The monoisotopic (exact) mass is 301 g/mol. The standard InChI is InChI=1S/C15H27NO5/c17-14(16-21-13-8-7-11-20-12-13)9-5-3-1-2-4-6-10-15(18)19/h13H,1-12H2,(H,16,17)(H,18,19). The van der Waals surface area contributed by atoms with Crippen molar-refractivity contribution in [3.8, 4) is 0 Å². The Labute approximate surface area is 126 Å². The van der Waals surface area contributed by atoms with E-state index in [1.165, 1.54) is 0 Å². The van der Waals surface area contributed by atoms with Crippen LogP contribution < -0.4 is 5.48 Å². The van der Waals surface area contributed by atoms with Crippen LogP contribution in [0.15, 0.2) is 0 Å². The number of amides is 1. The Morgan fingerprint density at radius 2 is 1.76 bits per heavy atom. The summed E-state index contributed by atoms with van der Waals surface area (Å²) < 4.78 is 5.26. The topological polar surface area (TPSA) is 84.9 Å². The molecule has 122 valence electrons. The molecular weight excluding hydrogens is 274 g/mol. The lowest BCUT2D eigenvalue weighted by atomic mass is 10.1. The van der Waals surface area contributed by atoms with Crippen molar-refractivity contribution in [3.05, 3.63) is 0 Å². The van der Waals surface area contributed by atoms with Crippen LogP contribution in [-0.2, 0) is 19.2 Å². The second kappa shape index (κ2) is 11.5. The van der Waals surface area contributed by atoms with Crippen LogP contribution in [-0.4, -0.2) is 36.3 Å². The van der Waals surface area contributed by atoms with Gasteiger partial charge in [-0.15, -0.1) is 0 Å². The van der Waals surface area contributed by atoms with Gasteiger partial charge in [0.2, 0.25) is 5.91 Å². The highest BCUT2D eigenvalue weighted by Crippen LogP contribution is 2.10. The molecule has 1 atom stereocenters. The predicted molar refractivity (Wildman–Crippen MR) is 77.6 cm³/mol. The molecule has 0 saturated carbocycles. The molecule has 0 aromatic heterocycles. The zero-order valence-corrected chi connectivity index (χ0v) is 12.6. The minimum atomic E-state index is -0.727. The summed E-state index contributed by atoms with van der Waals surface area (Å²) in [5.41, 5.74) is 2.49. The van der Waals surface area contributed by atoms with Crippen LogP contribution in [0, 0.1) is 0 Å². The van der Waals surface area contributed by atoms with Gasteiger partial charge in [-0.25, -0.2) is 5.48 Å². The Kier molecular flexibility index (Phi) is 9.82. The Morgan fingerprint density at radius 1 is 1.10 bits per heavy atom. The Morgan fingerprint density at radius 3 is 2.38 bits per heavy atom. The van der Waals surface area contributed by atoms with E-state index >= 15 is 0 Å². The van der Waals surface area contributed by atoms with E-state index in [-0.39, 0.29) is 18.4 Å². The molecular formula is C15H27NO5. The molecule has 1 fully saturated rings. The van der Waals surface area contributed by atoms with E-state index < -0.39 is 5.97 Å². The van der Waals surface area contributed by atoms with Crippen LogP contribution in [0.2, 0.25) is 0 Å². The third kappa shape index (κ3) is 10.3. The highest BCUT2D eigenvalue weighted by Gasteiger charge is 2.15. The lowest BCUT2D eigenvalue weighted by molar-refractivity contribution is -0.146. The molecule has 0 bridgehead atoms. The van der Waals surface area contributed by atoms with Gasteiger partial charge in [-0.2, -0.15) is 0 Å². The highest BCUT2D eigenvalue weighted by atomic mass is 16.7. The average Bonchev–Trinajstić information content (AvgIpc) is 2.48. The number of aliphatic carboxylic acids is 1. The van der Waals surface area contributed by atoms with Crippen molar-refractivity contribution >= 4 is 11.9 Å². The summed E-state index contributed by atoms with van der Waals surface area (Å²) in [5, 5.41) is 8.50. The lowest BCUT2D eigenvalue weighted by Gasteiger charge is -2.21. The highest BCUT2D eigenvalue weighted by molar-refractivity contribution is 5.74. The maximum Gasteiger partial charge on any atom is 0.303 e. The number of carboxylic acid groups (broad SMARTS) is 1. The maximum atomic E-state index is 11.6. The minimum absolute atomic E-state index is 0.0167. The van der Waals surface area contributed by atoms with Gasteiger partial charge < -0.3 is 9.84 Å². The van der Waals surface area contributed by atoms with Crippen molar-refractivity contribution in [1.82, 2.24) is 5.48 Å². The lowest BCUT2D eigenvalue weighted by Crippen LogP contribution is -2.34. The van der Waals surface area contributed by atoms with Crippen molar-refractivity contribution < 1.29 is 24.3 Å². The summed E-state index contributed by atoms with van der Waals surface area (Å²) in [6.45, 7) is 1.33. The molecule has 1 rings (SSSR count). The van der Waals surface area contributed by atoms with Crippen LogP contribution >= 0.6 is 0 Å². The molecule has 2 N–H and O–H groups in total. The summed E-state index contributed by atoms with van der Waals surface area (Å²) >= 11 is 0. The Hall–Kier alpha value is -1.14. The average molecular weight is 301 g/mol. The third-order valence-corrected chi connectivity index (χ3v) is 3.50. The second-order valence-electron chi connectivity index (χ2n) is 5.50. The number of hydrogen-bond acceptors (Lipinski definition) is 4.